The van der Waals surface area contributed by atoms with Gasteiger partial charge in [0.15, 0.2) is 0 Å². The molecule has 0 saturated heterocycles. The van der Waals surface area contributed by atoms with Crippen molar-refractivity contribution >= 4 is 115 Å². The highest BCUT2D eigenvalue weighted by molar-refractivity contribution is 7.19. The van der Waals surface area contributed by atoms with Crippen LogP contribution in [0.2, 0.25) is 0 Å². The third kappa shape index (κ3) is 23.0. The predicted molar refractivity (Wildman–Crippen MR) is 443 cm³/mol. The van der Waals surface area contributed by atoms with E-state index in [9.17, 15) is 41.5 Å². The number of alkyl halides is 3. The average Bonchev–Trinajstić information content (AvgIpc) is 1.92. The van der Waals surface area contributed by atoms with E-state index in [2.05, 4.69) is 128 Å². The second-order valence-corrected chi connectivity index (χ2v) is 30.1. The van der Waals surface area contributed by atoms with Crippen molar-refractivity contribution in [1.82, 2.24) is 24.9 Å². The van der Waals surface area contributed by atoms with E-state index in [0.717, 1.165) is 70.9 Å². The molecule has 5 aromatic carbocycles. The number of nitriles is 1. The van der Waals surface area contributed by atoms with Gasteiger partial charge in [-0.2, -0.15) is 18.4 Å². The van der Waals surface area contributed by atoms with E-state index in [-0.39, 0.29) is 35.4 Å². The first-order valence-electron chi connectivity index (χ1n) is 34.4. The first-order valence-corrected chi connectivity index (χ1v) is 38.4. The van der Waals surface area contributed by atoms with Crippen LogP contribution in [0.15, 0.2) is 299 Å². The van der Waals surface area contributed by atoms with Gasteiger partial charge in [-0.25, -0.2) is 4.39 Å². The molecule has 15 rings (SSSR count). The number of carbonyl (C=O) groups excluding carboxylic acids is 5. The molecule has 0 spiro atoms. The number of rotatable bonds is 16. The molecule has 0 bridgehead atoms. The van der Waals surface area contributed by atoms with Crippen molar-refractivity contribution in [2.24, 2.45) is 0 Å². The summed E-state index contributed by atoms with van der Waals surface area (Å²) in [4.78, 5) is 88.4. The van der Waals surface area contributed by atoms with Gasteiger partial charge in [-0.1, -0.05) is 92.7 Å². The van der Waals surface area contributed by atoms with Crippen molar-refractivity contribution < 1.29 is 41.5 Å². The van der Waals surface area contributed by atoms with Crippen LogP contribution < -0.4 is 26.6 Å². The van der Waals surface area contributed by atoms with Crippen molar-refractivity contribution in [3.63, 3.8) is 0 Å². The SMILES string of the molecule is CC(C)c1cccc(-c2ccc(C(=O)Nc3ccncc3)s2)c1.Cc1ccc(-c2ccc(C(=O)Nc3cccnc3)s2)cc1C.N#Cc1ccc(-c2ccc(C(=O)Nc3ccncc3)s2)cc1.O=C(Nc1cccnc1)c1ccc(-c2cccc(C(F)(F)F)c2)s1.O=C(Nc1cccnc1)c1ccc(-c2cccc(F)c2)s1. The summed E-state index contributed by atoms with van der Waals surface area (Å²) in [6, 6.07) is 71.4. The Morgan fingerprint density at radius 1 is 0.357 bits per heavy atom. The molecule has 0 aliphatic rings. The van der Waals surface area contributed by atoms with Crippen LogP contribution in [0.3, 0.4) is 0 Å². The Balaban J connectivity index is 0.000000139. The molecule has 10 aromatic heterocycles. The van der Waals surface area contributed by atoms with Gasteiger partial charge in [-0.05, 0) is 222 Å². The lowest BCUT2D eigenvalue weighted by molar-refractivity contribution is -0.137. The number of carbonyl (C=O) groups is 5. The van der Waals surface area contributed by atoms with Crippen LogP contribution in [0.5, 0.6) is 0 Å². The summed E-state index contributed by atoms with van der Waals surface area (Å²) in [5.41, 5.74) is 11.6. The smallest absolute Gasteiger partial charge is 0.321 e. The second kappa shape index (κ2) is 38.8. The monoisotopic (exact) mass is 1580 g/mol. The fourth-order valence-electron chi connectivity index (χ4n) is 10.4. The number of pyridine rings is 5. The highest BCUT2D eigenvalue weighted by Gasteiger charge is 2.31. The van der Waals surface area contributed by atoms with E-state index in [1.165, 1.54) is 86.4 Å². The molecular formula is C87H67F4N11O5S5. The summed E-state index contributed by atoms with van der Waals surface area (Å²) in [5, 5.41) is 22.8. The number of benzene rings is 5. The molecule has 0 saturated carbocycles. The van der Waals surface area contributed by atoms with Gasteiger partial charge in [-0.3, -0.25) is 48.9 Å². The Morgan fingerprint density at radius 2 is 0.714 bits per heavy atom. The lowest BCUT2D eigenvalue weighted by atomic mass is 10.0. The van der Waals surface area contributed by atoms with Crippen LogP contribution in [-0.2, 0) is 6.18 Å². The number of aromatic nitrogens is 5. The topological polar surface area (TPSA) is 234 Å². The first kappa shape index (κ1) is 79.9. The third-order valence-corrected chi connectivity index (χ3v) is 22.0. The Labute approximate surface area is 663 Å². The Hall–Kier alpha value is -13.1. The summed E-state index contributed by atoms with van der Waals surface area (Å²) in [6.45, 7) is 8.56. The fraction of sp³-hybridized carbons (Fsp3) is 0.0690. The number of halogens is 4. The van der Waals surface area contributed by atoms with E-state index >= 15 is 0 Å². The number of thiophene rings is 5. The van der Waals surface area contributed by atoms with Crippen LogP contribution in [0.25, 0.3) is 52.2 Å². The van der Waals surface area contributed by atoms with Gasteiger partial charge in [-0.15, -0.1) is 56.7 Å². The molecule has 0 atom stereocenters. The maximum Gasteiger partial charge on any atom is 0.416 e. The van der Waals surface area contributed by atoms with E-state index in [1.54, 1.807) is 159 Å². The van der Waals surface area contributed by atoms with Gasteiger partial charge in [0.2, 0.25) is 0 Å². The Morgan fingerprint density at radius 3 is 1.08 bits per heavy atom. The number of hydrogen-bond acceptors (Lipinski definition) is 16. The average molecular weight is 1580 g/mol. The Bertz CT molecular complexity index is 5720. The minimum atomic E-state index is -4.40. The van der Waals surface area contributed by atoms with Crippen LogP contribution in [0, 0.1) is 31.0 Å². The summed E-state index contributed by atoms with van der Waals surface area (Å²) < 4.78 is 51.6. The summed E-state index contributed by atoms with van der Waals surface area (Å²) in [5.74, 6) is -0.662. The maximum absolute atomic E-state index is 13.2. The van der Waals surface area contributed by atoms with Gasteiger partial charge >= 0.3 is 6.18 Å². The predicted octanol–water partition coefficient (Wildman–Crippen LogP) is 23.1. The standard InChI is InChI=1S/C19H18N2OS.C18H16N2OS.C17H11F3N2OS.C17H11N3OS.C16H11FN2OS/c1-13(2)14-4-3-5-15(12-14)17-6-7-18(23-17)19(22)21-16-8-10-20-11-9-16;1-12-5-6-14(10-13(12)2)16-7-8-17(22-16)18(21)20-15-4-3-9-19-11-15;18-17(19,20)12-4-1-3-11(9-12)14-6-7-15(24-14)16(23)22-13-5-2-8-21-10-13;18-11-12-1-3-13(4-2-12)15-5-6-16(22-15)17(21)20-14-7-9-19-10-8-14;17-12-4-1-3-11(9-12)14-6-7-15(21-14)16(20)19-13-5-2-8-18-10-13/h3-13H,1-2H3,(H,20,21,22);3-11H,1-2H3,(H,20,21);1-10H,(H,22,23);1-10H,(H,19,20,21);1-10H,(H,19,20). The molecule has 5 amide bonds. The Kier molecular flexibility index (Phi) is 27.7. The van der Waals surface area contributed by atoms with Gasteiger partial charge in [0.1, 0.15) is 5.82 Å². The van der Waals surface area contributed by atoms with E-state index in [4.69, 9.17) is 5.26 Å². The van der Waals surface area contributed by atoms with Crippen LogP contribution in [0.1, 0.15) is 95.9 Å². The minimum Gasteiger partial charge on any atom is -0.321 e. The molecule has 558 valence electrons. The fourth-order valence-corrected chi connectivity index (χ4v) is 14.9. The number of aryl methyl sites for hydroxylation is 2. The molecular weight excluding hydrogens is 1520 g/mol. The molecule has 10 heterocycles. The van der Waals surface area contributed by atoms with Gasteiger partial charge < -0.3 is 26.6 Å². The third-order valence-electron chi connectivity index (χ3n) is 16.3. The molecule has 0 aliphatic heterocycles. The lowest BCUT2D eigenvalue weighted by Crippen LogP contribution is -2.09. The molecule has 0 radical (unpaired) electrons. The maximum atomic E-state index is 13.2. The molecule has 112 heavy (non-hydrogen) atoms. The number of amides is 5. The van der Waals surface area contributed by atoms with Gasteiger partial charge in [0, 0.05) is 79.1 Å². The van der Waals surface area contributed by atoms with Crippen molar-refractivity contribution in [2.75, 3.05) is 26.6 Å². The zero-order chi connectivity index (χ0) is 78.9. The van der Waals surface area contributed by atoms with Crippen molar-refractivity contribution in [2.45, 2.75) is 39.8 Å². The van der Waals surface area contributed by atoms with Crippen molar-refractivity contribution in [3.05, 3.63) is 357 Å². The van der Waals surface area contributed by atoms with Crippen molar-refractivity contribution in [1.29, 1.82) is 5.26 Å². The summed E-state index contributed by atoms with van der Waals surface area (Å²) in [6.07, 6.45) is 11.8. The zero-order valence-corrected chi connectivity index (χ0v) is 64.2. The number of anilines is 5. The second-order valence-electron chi connectivity index (χ2n) is 24.6. The normalized spacial score (nSPS) is 10.6. The van der Waals surface area contributed by atoms with E-state index in [1.807, 2.05) is 60.7 Å². The highest BCUT2D eigenvalue weighted by atomic mass is 32.1. The van der Waals surface area contributed by atoms with Crippen LogP contribution >= 0.6 is 56.7 Å². The molecule has 0 unspecified atom stereocenters. The molecule has 0 fully saturated rings. The van der Waals surface area contributed by atoms with E-state index < -0.39 is 11.7 Å². The number of hydrogen-bond donors (Lipinski definition) is 5. The summed E-state index contributed by atoms with van der Waals surface area (Å²) >= 11 is 6.87. The molecule has 0 aliphatic carbocycles. The quantitative estimate of drug-likeness (QED) is 0.0571. The molecule has 5 N–H and O–H groups in total. The molecule has 16 nitrogen and oxygen atoms in total. The van der Waals surface area contributed by atoms with Crippen LogP contribution in [0.4, 0.5) is 46.0 Å². The lowest BCUT2D eigenvalue weighted by Gasteiger charge is -2.07. The van der Waals surface area contributed by atoms with Crippen LogP contribution in [-0.4, -0.2) is 54.5 Å². The van der Waals surface area contributed by atoms with Crippen molar-refractivity contribution in [3.8, 4) is 58.3 Å². The zero-order valence-electron chi connectivity index (χ0n) is 60.1. The minimum absolute atomic E-state index is 0.0903. The largest absolute Gasteiger partial charge is 0.416 e. The first-order chi connectivity index (χ1) is 54.2. The van der Waals surface area contributed by atoms with E-state index in [0.29, 0.717) is 69.1 Å². The van der Waals surface area contributed by atoms with Gasteiger partial charge in [0.05, 0.1) is 77.2 Å². The number of nitrogens with zero attached hydrogens (tertiary/aromatic N) is 6. The number of nitrogens with one attached hydrogen (secondary N) is 5. The summed E-state index contributed by atoms with van der Waals surface area (Å²) in [7, 11) is 0. The molecule has 25 heteroatoms. The highest BCUT2D eigenvalue weighted by Crippen LogP contribution is 2.37. The van der Waals surface area contributed by atoms with Gasteiger partial charge in [0.25, 0.3) is 29.5 Å². The molecule has 15 aromatic rings.